The monoisotopic (exact) mass is 297 g/mol. The number of ether oxygens (including phenoxy) is 1. The first-order valence-corrected chi connectivity index (χ1v) is 7.89. The van der Waals surface area contributed by atoms with Gasteiger partial charge in [-0.15, -0.1) is 0 Å². The summed E-state index contributed by atoms with van der Waals surface area (Å²) < 4.78 is 4.94. The lowest BCUT2D eigenvalue weighted by Gasteiger charge is -2.43. The molecule has 1 saturated carbocycles. The number of rotatable bonds is 7. The number of aliphatic hydroxyl groups is 1. The van der Waals surface area contributed by atoms with E-state index in [1.807, 2.05) is 0 Å². The van der Waals surface area contributed by atoms with Crippen molar-refractivity contribution in [2.24, 2.45) is 11.8 Å². The molecule has 0 bridgehead atoms. The van der Waals surface area contributed by atoms with Crippen LogP contribution in [0, 0.1) is 11.8 Å². The molecule has 0 heterocycles. The SMILES string of the molecule is CCOC(=O)/C(=C\O)N(C=O)C1C(CC)CCCC1CC. The van der Waals surface area contributed by atoms with E-state index in [2.05, 4.69) is 13.8 Å². The van der Waals surface area contributed by atoms with E-state index < -0.39 is 5.97 Å². The normalized spacial score (nSPS) is 26.2. The predicted molar refractivity (Wildman–Crippen MR) is 80.4 cm³/mol. The van der Waals surface area contributed by atoms with Gasteiger partial charge in [0.05, 0.1) is 6.61 Å². The van der Waals surface area contributed by atoms with Gasteiger partial charge in [0.25, 0.3) is 0 Å². The highest BCUT2D eigenvalue weighted by Gasteiger charge is 2.38. The number of amides is 1. The highest BCUT2D eigenvalue weighted by atomic mass is 16.5. The van der Waals surface area contributed by atoms with Crippen LogP contribution < -0.4 is 0 Å². The summed E-state index contributed by atoms with van der Waals surface area (Å²) in [5.74, 6) is 0.0407. The van der Waals surface area contributed by atoms with Crippen molar-refractivity contribution in [3.8, 4) is 0 Å². The Bertz CT molecular complexity index is 368. The molecule has 1 aliphatic rings. The molecule has 0 radical (unpaired) electrons. The topological polar surface area (TPSA) is 66.8 Å². The van der Waals surface area contributed by atoms with E-state index in [1.54, 1.807) is 6.92 Å². The van der Waals surface area contributed by atoms with Crippen LogP contribution in [0.2, 0.25) is 0 Å². The summed E-state index contributed by atoms with van der Waals surface area (Å²) in [7, 11) is 0. The Morgan fingerprint density at radius 2 is 1.81 bits per heavy atom. The highest BCUT2D eigenvalue weighted by Crippen LogP contribution is 2.37. The van der Waals surface area contributed by atoms with Crippen LogP contribution in [0.3, 0.4) is 0 Å². The zero-order chi connectivity index (χ0) is 15.8. The number of nitrogens with zero attached hydrogens (tertiary/aromatic N) is 1. The molecule has 1 fully saturated rings. The first-order chi connectivity index (χ1) is 10.1. The van der Waals surface area contributed by atoms with Gasteiger partial charge < -0.3 is 14.7 Å². The molecule has 0 aliphatic heterocycles. The second-order valence-corrected chi connectivity index (χ2v) is 5.51. The average Bonchev–Trinajstić information content (AvgIpc) is 2.51. The molecule has 0 aromatic carbocycles. The Hall–Kier alpha value is -1.52. The number of carbonyl (C=O) groups is 2. The Kier molecular flexibility index (Phi) is 7.26. The van der Waals surface area contributed by atoms with Crippen molar-refractivity contribution in [2.45, 2.75) is 58.9 Å². The van der Waals surface area contributed by atoms with Gasteiger partial charge in [-0.2, -0.15) is 0 Å². The molecule has 1 amide bonds. The van der Waals surface area contributed by atoms with Crippen LogP contribution in [0.4, 0.5) is 0 Å². The van der Waals surface area contributed by atoms with E-state index in [0.717, 1.165) is 32.1 Å². The fourth-order valence-corrected chi connectivity index (χ4v) is 3.43. The largest absolute Gasteiger partial charge is 0.513 e. The smallest absolute Gasteiger partial charge is 0.358 e. The molecule has 1 rings (SSSR count). The molecule has 1 aliphatic carbocycles. The summed E-state index contributed by atoms with van der Waals surface area (Å²) in [6, 6.07) is -0.0472. The van der Waals surface area contributed by atoms with E-state index in [1.165, 1.54) is 4.90 Å². The van der Waals surface area contributed by atoms with Gasteiger partial charge >= 0.3 is 5.97 Å². The van der Waals surface area contributed by atoms with E-state index in [0.29, 0.717) is 24.5 Å². The van der Waals surface area contributed by atoms with Gasteiger partial charge in [0.2, 0.25) is 6.41 Å². The third kappa shape index (κ3) is 3.99. The van der Waals surface area contributed by atoms with Crippen molar-refractivity contribution < 1.29 is 19.4 Å². The number of hydrogen-bond donors (Lipinski definition) is 1. The summed E-state index contributed by atoms with van der Waals surface area (Å²) in [6.45, 7) is 6.11. The van der Waals surface area contributed by atoms with Crippen LogP contribution in [0.1, 0.15) is 52.9 Å². The van der Waals surface area contributed by atoms with Crippen molar-refractivity contribution in [3.05, 3.63) is 12.0 Å². The van der Waals surface area contributed by atoms with Crippen LogP contribution in [-0.4, -0.2) is 35.0 Å². The Morgan fingerprint density at radius 3 is 2.19 bits per heavy atom. The molecule has 0 saturated heterocycles. The van der Waals surface area contributed by atoms with E-state index >= 15 is 0 Å². The molecule has 0 aromatic rings. The lowest BCUT2D eigenvalue weighted by molar-refractivity contribution is -0.144. The second kappa shape index (κ2) is 8.70. The fraction of sp³-hybridized carbons (Fsp3) is 0.750. The number of carbonyl (C=O) groups excluding carboxylic acids is 2. The number of esters is 1. The van der Waals surface area contributed by atoms with Crippen molar-refractivity contribution in [3.63, 3.8) is 0 Å². The van der Waals surface area contributed by atoms with Gasteiger partial charge in [0.15, 0.2) is 5.70 Å². The van der Waals surface area contributed by atoms with Crippen LogP contribution in [-0.2, 0) is 14.3 Å². The maximum Gasteiger partial charge on any atom is 0.358 e. The van der Waals surface area contributed by atoms with Crippen LogP contribution in [0.5, 0.6) is 0 Å². The third-order valence-electron chi connectivity index (χ3n) is 4.48. The Labute approximate surface area is 127 Å². The van der Waals surface area contributed by atoms with Crippen molar-refractivity contribution in [1.82, 2.24) is 4.90 Å². The maximum absolute atomic E-state index is 12.0. The lowest BCUT2D eigenvalue weighted by Crippen LogP contribution is -2.48. The van der Waals surface area contributed by atoms with Crippen molar-refractivity contribution in [2.75, 3.05) is 6.61 Å². The average molecular weight is 297 g/mol. The summed E-state index contributed by atoms with van der Waals surface area (Å²) >= 11 is 0. The zero-order valence-corrected chi connectivity index (χ0v) is 13.2. The first-order valence-electron chi connectivity index (χ1n) is 7.89. The fourth-order valence-electron chi connectivity index (χ4n) is 3.43. The minimum atomic E-state index is -0.651. The lowest BCUT2D eigenvalue weighted by atomic mass is 9.73. The summed E-state index contributed by atoms with van der Waals surface area (Å²) in [5.41, 5.74) is -0.0596. The molecule has 120 valence electrons. The Morgan fingerprint density at radius 1 is 1.24 bits per heavy atom. The van der Waals surface area contributed by atoms with Crippen LogP contribution >= 0.6 is 0 Å². The van der Waals surface area contributed by atoms with Gasteiger partial charge in [0.1, 0.15) is 6.26 Å². The van der Waals surface area contributed by atoms with Gasteiger partial charge in [-0.1, -0.05) is 33.1 Å². The molecule has 5 nitrogen and oxygen atoms in total. The van der Waals surface area contributed by atoms with Crippen molar-refractivity contribution >= 4 is 12.4 Å². The zero-order valence-electron chi connectivity index (χ0n) is 13.2. The Balaban J connectivity index is 3.07. The summed E-state index contributed by atoms with van der Waals surface area (Å²) in [5, 5.41) is 9.41. The van der Waals surface area contributed by atoms with Crippen LogP contribution in [0.25, 0.3) is 0 Å². The molecule has 0 aromatic heterocycles. The molecule has 1 N–H and O–H groups in total. The molecular weight excluding hydrogens is 270 g/mol. The summed E-state index contributed by atoms with van der Waals surface area (Å²) in [4.78, 5) is 24.9. The predicted octanol–water partition coefficient (Wildman–Crippen LogP) is 3.01. The number of hydrogen-bond acceptors (Lipinski definition) is 4. The molecule has 21 heavy (non-hydrogen) atoms. The van der Waals surface area contributed by atoms with E-state index in [-0.39, 0.29) is 18.3 Å². The quantitative estimate of drug-likeness (QED) is 0.339. The first kappa shape index (κ1) is 17.5. The van der Waals surface area contributed by atoms with E-state index in [9.17, 15) is 14.7 Å². The van der Waals surface area contributed by atoms with Gasteiger partial charge in [-0.25, -0.2) is 4.79 Å². The number of aliphatic hydroxyl groups excluding tert-OH is 1. The third-order valence-corrected chi connectivity index (χ3v) is 4.48. The molecule has 0 spiro atoms. The van der Waals surface area contributed by atoms with Crippen LogP contribution in [0.15, 0.2) is 12.0 Å². The minimum absolute atomic E-state index is 0.0472. The molecular formula is C16H27NO4. The van der Waals surface area contributed by atoms with Gasteiger partial charge in [-0.3, -0.25) is 4.79 Å². The van der Waals surface area contributed by atoms with Crippen molar-refractivity contribution in [1.29, 1.82) is 0 Å². The van der Waals surface area contributed by atoms with Gasteiger partial charge in [-0.05, 0) is 31.6 Å². The minimum Gasteiger partial charge on any atom is -0.513 e. The maximum atomic E-state index is 12.0. The molecule has 2 atom stereocenters. The second-order valence-electron chi connectivity index (χ2n) is 5.51. The molecule has 2 unspecified atom stereocenters. The van der Waals surface area contributed by atoms with Gasteiger partial charge in [0, 0.05) is 6.04 Å². The summed E-state index contributed by atoms with van der Waals surface area (Å²) in [6.07, 6.45) is 6.49. The van der Waals surface area contributed by atoms with E-state index in [4.69, 9.17) is 4.74 Å². The highest BCUT2D eigenvalue weighted by molar-refractivity contribution is 5.90. The molecule has 5 heteroatoms. The standard InChI is InChI=1S/C16H27NO4/c1-4-12-8-7-9-13(5-2)15(12)17(11-19)14(10-18)16(20)21-6-3/h10-13,15,18H,4-9H2,1-3H3/b14-10+.